The number of thiophene rings is 1. The number of fused-ring (bicyclic) bond motifs is 1. The van der Waals surface area contributed by atoms with Crippen molar-refractivity contribution in [3.63, 3.8) is 0 Å². The van der Waals surface area contributed by atoms with E-state index in [9.17, 15) is 9.59 Å². The second kappa shape index (κ2) is 6.00. The van der Waals surface area contributed by atoms with Gasteiger partial charge in [-0.15, -0.1) is 11.3 Å². The van der Waals surface area contributed by atoms with E-state index in [1.807, 2.05) is 36.1 Å². The summed E-state index contributed by atoms with van der Waals surface area (Å²) >= 11 is 1.37. The number of nitrogens with zero attached hydrogens (tertiary/aromatic N) is 2. The van der Waals surface area contributed by atoms with E-state index in [1.165, 1.54) is 11.3 Å². The van der Waals surface area contributed by atoms with Gasteiger partial charge in [-0.1, -0.05) is 11.6 Å². The first-order chi connectivity index (χ1) is 12.0. The number of hydrogen-bond donors (Lipinski definition) is 2. The number of benzene rings is 1. The van der Waals surface area contributed by atoms with E-state index >= 15 is 0 Å². The fourth-order valence-electron chi connectivity index (χ4n) is 3.40. The molecule has 2 aromatic heterocycles. The lowest BCUT2D eigenvalue weighted by molar-refractivity contribution is 0.0733. The third kappa shape index (κ3) is 2.70. The number of H-pyrrole nitrogens is 1. The number of aromatic amines is 1. The van der Waals surface area contributed by atoms with Gasteiger partial charge in [0.25, 0.3) is 11.8 Å². The molecule has 1 fully saturated rings. The van der Waals surface area contributed by atoms with Gasteiger partial charge in [-0.25, -0.2) is 0 Å². The highest BCUT2D eigenvalue weighted by atomic mass is 32.1. The number of carbonyl (C=O) groups is 2. The van der Waals surface area contributed by atoms with Gasteiger partial charge in [-0.2, -0.15) is 5.10 Å². The minimum atomic E-state index is -0.430. The molecule has 3 N–H and O–H groups in total. The number of hydrogen-bond acceptors (Lipinski definition) is 4. The van der Waals surface area contributed by atoms with Crippen molar-refractivity contribution >= 4 is 34.1 Å². The van der Waals surface area contributed by atoms with Crippen LogP contribution in [0.4, 0.5) is 0 Å². The Morgan fingerprint density at radius 2 is 2.16 bits per heavy atom. The minimum absolute atomic E-state index is 0.0258. The molecule has 1 aliphatic rings. The van der Waals surface area contributed by atoms with Crippen LogP contribution in [-0.4, -0.2) is 33.5 Å². The number of aryl methyl sites for hydroxylation is 1. The lowest BCUT2D eigenvalue weighted by atomic mass is 10.1. The Labute approximate surface area is 148 Å². The third-order valence-electron chi connectivity index (χ3n) is 4.63. The number of likely N-dealkylation sites (tertiary alicyclic amines) is 1. The largest absolute Gasteiger partial charge is 0.365 e. The maximum absolute atomic E-state index is 13.1. The Kier molecular flexibility index (Phi) is 3.80. The molecule has 128 valence electrons. The summed E-state index contributed by atoms with van der Waals surface area (Å²) in [6, 6.07) is 9.51. The molecule has 4 rings (SSSR count). The average molecular weight is 354 g/mol. The zero-order chi connectivity index (χ0) is 17.6. The molecule has 1 saturated heterocycles. The van der Waals surface area contributed by atoms with Crippen LogP contribution in [0.2, 0.25) is 0 Å². The van der Waals surface area contributed by atoms with E-state index < -0.39 is 5.91 Å². The number of amides is 2. The lowest BCUT2D eigenvalue weighted by Gasteiger charge is -2.23. The van der Waals surface area contributed by atoms with Crippen LogP contribution in [0.1, 0.15) is 49.5 Å². The second-order valence-corrected chi connectivity index (χ2v) is 7.46. The van der Waals surface area contributed by atoms with Gasteiger partial charge in [-0.05, 0) is 44.0 Å². The Hall–Kier alpha value is -2.67. The fourth-order valence-corrected chi connectivity index (χ4v) is 4.40. The van der Waals surface area contributed by atoms with Gasteiger partial charge in [0.1, 0.15) is 0 Å². The molecule has 0 bridgehead atoms. The van der Waals surface area contributed by atoms with E-state index in [0.29, 0.717) is 17.1 Å². The fraction of sp³-hybridized carbons (Fsp3) is 0.278. The van der Waals surface area contributed by atoms with Crippen LogP contribution >= 0.6 is 11.3 Å². The summed E-state index contributed by atoms with van der Waals surface area (Å²) < 4.78 is 0. The SMILES string of the molecule is Cc1ccc2[nH]nc(C(=O)N3CCCC3c3ccc(C(N)=O)s3)c2c1. The monoisotopic (exact) mass is 354 g/mol. The molecule has 3 aromatic rings. The van der Waals surface area contributed by atoms with Crippen molar-refractivity contribution in [1.29, 1.82) is 0 Å². The average Bonchev–Trinajstić information content (AvgIpc) is 3.31. The first-order valence-corrected chi connectivity index (χ1v) is 9.01. The molecule has 1 unspecified atom stereocenters. The summed E-state index contributed by atoms with van der Waals surface area (Å²) in [6.07, 6.45) is 1.81. The maximum atomic E-state index is 13.1. The van der Waals surface area contributed by atoms with Crippen molar-refractivity contribution in [1.82, 2.24) is 15.1 Å². The highest BCUT2D eigenvalue weighted by Gasteiger charge is 2.33. The summed E-state index contributed by atoms with van der Waals surface area (Å²) in [5.41, 5.74) is 7.75. The molecule has 7 heteroatoms. The maximum Gasteiger partial charge on any atom is 0.275 e. The van der Waals surface area contributed by atoms with Crippen molar-refractivity contribution in [2.24, 2.45) is 5.73 Å². The summed E-state index contributed by atoms with van der Waals surface area (Å²) in [7, 11) is 0. The number of nitrogens with two attached hydrogens (primary N) is 1. The number of nitrogens with one attached hydrogen (secondary N) is 1. The smallest absolute Gasteiger partial charge is 0.275 e. The van der Waals surface area contributed by atoms with Crippen molar-refractivity contribution in [2.45, 2.75) is 25.8 Å². The normalized spacial score (nSPS) is 17.3. The number of aromatic nitrogens is 2. The summed E-state index contributed by atoms with van der Waals surface area (Å²) in [6.45, 7) is 2.68. The molecule has 1 aliphatic heterocycles. The van der Waals surface area contributed by atoms with Crippen LogP contribution in [0.3, 0.4) is 0 Å². The molecule has 2 amide bonds. The molecule has 1 aromatic carbocycles. The van der Waals surface area contributed by atoms with E-state index in [4.69, 9.17) is 5.73 Å². The van der Waals surface area contributed by atoms with Gasteiger partial charge < -0.3 is 10.6 Å². The van der Waals surface area contributed by atoms with Crippen molar-refractivity contribution in [2.75, 3.05) is 6.54 Å². The van der Waals surface area contributed by atoms with Gasteiger partial charge in [0.2, 0.25) is 0 Å². The molecule has 1 atom stereocenters. The van der Waals surface area contributed by atoms with E-state index in [0.717, 1.165) is 34.2 Å². The van der Waals surface area contributed by atoms with Crippen LogP contribution in [0.25, 0.3) is 10.9 Å². The zero-order valence-electron chi connectivity index (χ0n) is 13.8. The summed E-state index contributed by atoms with van der Waals surface area (Å²) in [5, 5.41) is 8.04. The van der Waals surface area contributed by atoms with Crippen LogP contribution in [0.5, 0.6) is 0 Å². The molecule has 25 heavy (non-hydrogen) atoms. The lowest BCUT2D eigenvalue weighted by Crippen LogP contribution is -2.30. The predicted octanol–water partition coefficient (Wildman–Crippen LogP) is 3.01. The van der Waals surface area contributed by atoms with Crippen molar-refractivity contribution in [3.05, 3.63) is 51.3 Å². The van der Waals surface area contributed by atoms with Crippen LogP contribution in [0, 0.1) is 6.92 Å². The Morgan fingerprint density at radius 3 is 2.92 bits per heavy atom. The Bertz CT molecular complexity index is 975. The highest BCUT2D eigenvalue weighted by Crippen LogP contribution is 2.37. The van der Waals surface area contributed by atoms with E-state index in [1.54, 1.807) is 6.07 Å². The quantitative estimate of drug-likeness (QED) is 0.757. The van der Waals surface area contributed by atoms with E-state index in [-0.39, 0.29) is 11.9 Å². The van der Waals surface area contributed by atoms with E-state index in [2.05, 4.69) is 10.2 Å². The Morgan fingerprint density at radius 1 is 1.32 bits per heavy atom. The summed E-state index contributed by atoms with van der Waals surface area (Å²) in [5.74, 6) is -0.505. The number of rotatable bonds is 3. The van der Waals surface area contributed by atoms with Crippen molar-refractivity contribution in [3.8, 4) is 0 Å². The molecular formula is C18H18N4O2S. The summed E-state index contributed by atoms with van der Waals surface area (Å²) in [4.78, 5) is 27.8. The molecular weight excluding hydrogens is 336 g/mol. The van der Waals surface area contributed by atoms with Crippen LogP contribution in [-0.2, 0) is 0 Å². The topological polar surface area (TPSA) is 92.1 Å². The van der Waals surface area contributed by atoms with Crippen molar-refractivity contribution < 1.29 is 9.59 Å². The van der Waals surface area contributed by atoms with Gasteiger partial charge in [0, 0.05) is 16.8 Å². The Balaban J connectivity index is 1.68. The first kappa shape index (κ1) is 15.8. The van der Waals surface area contributed by atoms with Gasteiger partial charge >= 0.3 is 0 Å². The van der Waals surface area contributed by atoms with Gasteiger partial charge in [-0.3, -0.25) is 14.7 Å². The molecule has 0 radical (unpaired) electrons. The standard InChI is InChI=1S/C18H18N4O2S/c1-10-4-5-12-11(9-10)16(21-20-12)18(24)22-8-2-3-13(22)14-6-7-15(25-14)17(19)23/h4-7,9,13H,2-3,8H2,1H3,(H2,19,23)(H,20,21). The molecule has 0 spiro atoms. The predicted molar refractivity (Wildman–Crippen MR) is 96.7 cm³/mol. The molecule has 0 aliphatic carbocycles. The van der Waals surface area contributed by atoms with Gasteiger partial charge in [0.15, 0.2) is 5.69 Å². The molecule has 6 nitrogen and oxygen atoms in total. The zero-order valence-corrected chi connectivity index (χ0v) is 14.6. The number of primary amides is 1. The van der Waals surface area contributed by atoms with Crippen LogP contribution < -0.4 is 5.73 Å². The van der Waals surface area contributed by atoms with Gasteiger partial charge in [0.05, 0.1) is 16.4 Å². The van der Waals surface area contributed by atoms with Crippen LogP contribution in [0.15, 0.2) is 30.3 Å². The highest BCUT2D eigenvalue weighted by molar-refractivity contribution is 7.14. The minimum Gasteiger partial charge on any atom is -0.365 e. The molecule has 0 saturated carbocycles. The number of carbonyl (C=O) groups excluding carboxylic acids is 2. The molecule has 3 heterocycles. The first-order valence-electron chi connectivity index (χ1n) is 8.20. The third-order valence-corrected chi connectivity index (χ3v) is 5.83. The second-order valence-electron chi connectivity index (χ2n) is 6.34.